The number of anilines is 3. The summed E-state index contributed by atoms with van der Waals surface area (Å²) in [5.74, 6) is -1.46. The number of pyridine rings is 1. The number of carbonyl (C=O) groups is 1. The van der Waals surface area contributed by atoms with E-state index >= 15 is 0 Å². The maximum atomic E-state index is 14.9. The molecule has 8 heteroatoms. The first kappa shape index (κ1) is 21.0. The Labute approximate surface area is 169 Å². The first-order chi connectivity index (χ1) is 13.8. The van der Waals surface area contributed by atoms with E-state index < -0.39 is 11.7 Å². The molecule has 2 aromatic rings. The molecule has 0 aliphatic heterocycles. The molecule has 29 heavy (non-hydrogen) atoms. The van der Waals surface area contributed by atoms with Gasteiger partial charge in [-0.1, -0.05) is 12.8 Å². The van der Waals surface area contributed by atoms with Crippen LogP contribution in [0, 0.1) is 18.6 Å². The Morgan fingerprint density at radius 1 is 1.21 bits per heavy atom. The number of aromatic nitrogens is 1. The molecule has 1 aliphatic rings. The minimum atomic E-state index is -0.794. The molecule has 4 N–H and O–H groups in total. The van der Waals surface area contributed by atoms with Crippen molar-refractivity contribution in [3.05, 3.63) is 47.0 Å². The van der Waals surface area contributed by atoms with Gasteiger partial charge in [-0.25, -0.2) is 13.8 Å². The number of benzene rings is 1. The van der Waals surface area contributed by atoms with Crippen LogP contribution >= 0.6 is 0 Å². The van der Waals surface area contributed by atoms with Crippen LogP contribution in [0.5, 0.6) is 0 Å². The number of aryl methyl sites for hydroxylation is 1. The van der Waals surface area contributed by atoms with Crippen LogP contribution < -0.4 is 21.3 Å². The number of rotatable bonds is 6. The highest BCUT2D eigenvalue weighted by atomic mass is 19.1. The second-order valence-corrected chi connectivity index (χ2v) is 7.50. The van der Waals surface area contributed by atoms with Crippen molar-refractivity contribution < 1.29 is 13.6 Å². The van der Waals surface area contributed by atoms with Crippen LogP contribution in [0.4, 0.5) is 26.1 Å². The van der Waals surface area contributed by atoms with Crippen molar-refractivity contribution in [2.75, 3.05) is 24.3 Å². The lowest BCUT2D eigenvalue weighted by atomic mass is 9.89. The first-order valence-electron chi connectivity index (χ1n) is 9.75. The van der Waals surface area contributed by atoms with Crippen molar-refractivity contribution >= 4 is 23.2 Å². The van der Waals surface area contributed by atoms with Gasteiger partial charge >= 0.3 is 0 Å². The van der Waals surface area contributed by atoms with E-state index in [0.29, 0.717) is 11.3 Å². The zero-order valence-electron chi connectivity index (χ0n) is 16.9. The molecule has 6 nitrogen and oxygen atoms in total. The minimum absolute atomic E-state index is 0.0598. The molecule has 1 heterocycles. The van der Waals surface area contributed by atoms with Gasteiger partial charge in [0.05, 0.1) is 5.56 Å². The van der Waals surface area contributed by atoms with Crippen molar-refractivity contribution in [3.63, 3.8) is 0 Å². The summed E-state index contributed by atoms with van der Waals surface area (Å²) in [7, 11) is 3.71. The summed E-state index contributed by atoms with van der Waals surface area (Å²) in [6.45, 7) is 1.63. The van der Waals surface area contributed by atoms with Gasteiger partial charge in [-0.05, 0) is 56.6 Å². The summed E-state index contributed by atoms with van der Waals surface area (Å²) >= 11 is 0. The third-order valence-corrected chi connectivity index (χ3v) is 5.58. The largest absolute Gasteiger partial charge is 0.365 e. The Bertz CT molecular complexity index is 905. The number of nitrogens with one attached hydrogen (secondary N) is 2. The molecule has 1 aliphatic carbocycles. The minimum Gasteiger partial charge on any atom is -0.365 e. The number of carbonyl (C=O) groups excluding carboxylic acids is 1. The Kier molecular flexibility index (Phi) is 6.32. The topological polar surface area (TPSA) is 83.3 Å². The molecule has 1 aromatic heterocycles. The van der Waals surface area contributed by atoms with Gasteiger partial charge in [-0.2, -0.15) is 0 Å². The SMILES string of the molecule is CNC1CCCCC1N(C)c1nc(Nc2ccc(F)c(C)c2)c(C(N)=O)cc1F. The molecule has 1 aromatic carbocycles. The summed E-state index contributed by atoms with van der Waals surface area (Å²) in [5.41, 5.74) is 6.35. The third kappa shape index (κ3) is 4.48. The Morgan fingerprint density at radius 3 is 2.59 bits per heavy atom. The van der Waals surface area contributed by atoms with Crippen molar-refractivity contribution in [2.24, 2.45) is 5.73 Å². The summed E-state index contributed by atoms with van der Waals surface area (Å²) in [5, 5.41) is 6.29. The van der Waals surface area contributed by atoms with E-state index in [-0.39, 0.29) is 35.1 Å². The maximum absolute atomic E-state index is 14.9. The third-order valence-electron chi connectivity index (χ3n) is 5.58. The van der Waals surface area contributed by atoms with Gasteiger partial charge in [-0.3, -0.25) is 4.79 Å². The predicted molar refractivity (Wildman–Crippen MR) is 111 cm³/mol. The summed E-state index contributed by atoms with van der Waals surface area (Å²) in [6.07, 6.45) is 4.12. The van der Waals surface area contributed by atoms with E-state index in [1.54, 1.807) is 13.0 Å². The first-order valence-corrected chi connectivity index (χ1v) is 9.75. The van der Waals surface area contributed by atoms with Gasteiger partial charge in [-0.15, -0.1) is 0 Å². The van der Waals surface area contributed by atoms with Crippen molar-refractivity contribution in [1.29, 1.82) is 0 Å². The van der Waals surface area contributed by atoms with Crippen LogP contribution in [0.25, 0.3) is 0 Å². The predicted octanol–water partition coefficient (Wildman–Crippen LogP) is 3.48. The van der Waals surface area contributed by atoms with Crippen LogP contribution in [0.3, 0.4) is 0 Å². The molecule has 0 saturated heterocycles. The van der Waals surface area contributed by atoms with Gasteiger partial charge < -0.3 is 21.3 Å². The van der Waals surface area contributed by atoms with Crippen molar-refractivity contribution in [3.8, 4) is 0 Å². The highest BCUT2D eigenvalue weighted by molar-refractivity contribution is 5.98. The average molecular weight is 403 g/mol. The smallest absolute Gasteiger partial charge is 0.252 e. The number of hydrogen-bond donors (Lipinski definition) is 3. The lowest BCUT2D eigenvalue weighted by Gasteiger charge is -2.38. The van der Waals surface area contributed by atoms with Crippen LogP contribution in [0.15, 0.2) is 24.3 Å². The number of likely N-dealkylation sites (N-methyl/N-ethyl adjacent to an activating group) is 2. The van der Waals surface area contributed by atoms with Crippen LogP contribution in [0.1, 0.15) is 41.6 Å². The zero-order chi connectivity index (χ0) is 21.1. The van der Waals surface area contributed by atoms with Gasteiger partial charge in [0.1, 0.15) is 11.6 Å². The molecule has 1 amide bonds. The van der Waals surface area contributed by atoms with E-state index in [4.69, 9.17) is 5.73 Å². The van der Waals surface area contributed by atoms with E-state index in [1.807, 2.05) is 19.0 Å². The fourth-order valence-electron chi connectivity index (χ4n) is 3.94. The van der Waals surface area contributed by atoms with Crippen molar-refractivity contribution in [2.45, 2.75) is 44.7 Å². The normalized spacial score (nSPS) is 19.1. The maximum Gasteiger partial charge on any atom is 0.252 e. The average Bonchev–Trinajstić information content (AvgIpc) is 2.71. The second-order valence-electron chi connectivity index (χ2n) is 7.50. The molecule has 156 valence electrons. The number of nitrogens with zero attached hydrogens (tertiary/aromatic N) is 2. The highest BCUT2D eigenvalue weighted by Gasteiger charge is 2.30. The molecule has 0 bridgehead atoms. The fraction of sp³-hybridized carbons (Fsp3) is 0.429. The Balaban J connectivity index is 1.99. The summed E-state index contributed by atoms with van der Waals surface area (Å²) < 4.78 is 28.4. The number of hydrogen-bond acceptors (Lipinski definition) is 5. The zero-order valence-corrected chi connectivity index (χ0v) is 16.9. The molecular weight excluding hydrogens is 376 g/mol. The van der Waals surface area contributed by atoms with Gasteiger partial charge in [0, 0.05) is 24.8 Å². The standard InChI is InChI=1S/C21H27F2N5O/c1-12-10-13(8-9-15(12)22)26-20-14(19(24)29)11-16(23)21(27-20)28(3)18-7-5-4-6-17(18)25-2/h8-11,17-18,25H,4-7H2,1-3H3,(H2,24,29)(H,26,27). The number of primary amides is 1. The van der Waals surface area contributed by atoms with Gasteiger partial charge in [0.15, 0.2) is 11.6 Å². The van der Waals surface area contributed by atoms with Crippen molar-refractivity contribution in [1.82, 2.24) is 10.3 Å². The van der Waals surface area contributed by atoms with E-state index in [9.17, 15) is 13.6 Å². The Morgan fingerprint density at radius 2 is 1.93 bits per heavy atom. The molecule has 0 spiro atoms. The second kappa shape index (κ2) is 8.73. The monoisotopic (exact) mass is 403 g/mol. The molecular formula is C21H27F2N5O. The van der Waals surface area contributed by atoms with Gasteiger partial charge in [0.25, 0.3) is 5.91 Å². The van der Waals surface area contributed by atoms with Gasteiger partial charge in [0.2, 0.25) is 0 Å². The number of halogens is 2. The fourth-order valence-corrected chi connectivity index (χ4v) is 3.94. The molecule has 1 fully saturated rings. The summed E-state index contributed by atoms with van der Waals surface area (Å²) in [6, 6.07) is 5.85. The lowest BCUT2D eigenvalue weighted by molar-refractivity contribution is 0.100. The van der Waals surface area contributed by atoms with Crippen LogP contribution in [0.2, 0.25) is 0 Å². The van der Waals surface area contributed by atoms with E-state index in [1.165, 1.54) is 12.1 Å². The molecule has 1 saturated carbocycles. The van der Waals surface area contributed by atoms with E-state index in [2.05, 4.69) is 15.6 Å². The molecule has 3 rings (SSSR count). The van der Waals surface area contributed by atoms with Crippen LogP contribution in [-0.4, -0.2) is 37.1 Å². The highest BCUT2D eigenvalue weighted by Crippen LogP contribution is 2.30. The molecule has 2 atom stereocenters. The Hall–Kier alpha value is -2.74. The van der Waals surface area contributed by atoms with Crippen LogP contribution in [-0.2, 0) is 0 Å². The number of nitrogens with two attached hydrogens (primary N) is 1. The lowest BCUT2D eigenvalue weighted by Crippen LogP contribution is -2.50. The molecule has 0 radical (unpaired) electrons. The molecule has 2 unspecified atom stereocenters. The number of amides is 1. The quantitative estimate of drug-likeness (QED) is 0.688. The summed E-state index contributed by atoms with van der Waals surface area (Å²) in [4.78, 5) is 18.1. The van der Waals surface area contributed by atoms with E-state index in [0.717, 1.165) is 31.7 Å².